The molecule has 0 amide bonds. The van der Waals surface area contributed by atoms with E-state index in [-0.39, 0.29) is 0 Å². The van der Waals surface area contributed by atoms with Gasteiger partial charge in [0.05, 0.1) is 6.10 Å². The van der Waals surface area contributed by atoms with Gasteiger partial charge in [-0.15, -0.1) is 0 Å². The van der Waals surface area contributed by atoms with Gasteiger partial charge in [0.2, 0.25) is 0 Å². The monoisotopic (exact) mass is 241 g/mol. The van der Waals surface area contributed by atoms with E-state index in [1.807, 2.05) is 6.92 Å². The van der Waals surface area contributed by atoms with Crippen LogP contribution in [0.1, 0.15) is 39.0 Å². The van der Waals surface area contributed by atoms with E-state index in [4.69, 9.17) is 9.84 Å². The first-order chi connectivity index (χ1) is 8.19. The third-order valence-electron chi connectivity index (χ3n) is 4.00. The Hall–Kier alpha value is -0.610. The molecule has 1 unspecified atom stereocenters. The number of hydrogen-bond donors (Lipinski definition) is 1. The van der Waals surface area contributed by atoms with E-state index < -0.39 is 5.97 Å². The topological polar surface area (TPSA) is 49.8 Å². The van der Waals surface area contributed by atoms with Crippen LogP contribution >= 0.6 is 0 Å². The minimum atomic E-state index is -0.655. The van der Waals surface area contributed by atoms with Crippen molar-refractivity contribution in [3.05, 3.63) is 0 Å². The summed E-state index contributed by atoms with van der Waals surface area (Å²) in [6.07, 6.45) is 5.27. The number of carbonyl (C=O) groups is 1. The van der Waals surface area contributed by atoms with Crippen molar-refractivity contribution in [3.8, 4) is 0 Å². The van der Waals surface area contributed by atoms with Gasteiger partial charge in [0.25, 0.3) is 0 Å². The Morgan fingerprint density at radius 3 is 2.88 bits per heavy atom. The van der Waals surface area contributed by atoms with Crippen molar-refractivity contribution in [2.24, 2.45) is 5.92 Å². The highest BCUT2D eigenvalue weighted by atomic mass is 16.5. The molecule has 1 heterocycles. The van der Waals surface area contributed by atoms with Crippen LogP contribution in [0.25, 0.3) is 0 Å². The maximum Gasteiger partial charge on any atom is 0.303 e. The lowest BCUT2D eigenvalue weighted by atomic mass is 9.84. The molecule has 0 radical (unpaired) electrons. The Labute approximate surface area is 103 Å². The molecule has 0 spiro atoms. The van der Waals surface area contributed by atoms with Crippen molar-refractivity contribution in [2.75, 3.05) is 19.7 Å². The number of carboxylic acids is 1. The molecule has 2 aliphatic rings. The van der Waals surface area contributed by atoms with Gasteiger partial charge in [0.15, 0.2) is 0 Å². The van der Waals surface area contributed by atoms with E-state index in [1.165, 1.54) is 0 Å². The van der Waals surface area contributed by atoms with Crippen LogP contribution in [-0.4, -0.2) is 47.8 Å². The first kappa shape index (κ1) is 12.8. The molecule has 2 rings (SSSR count). The normalized spacial score (nSPS) is 34.3. The van der Waals surface area contributed by atoms with Gasteiger partial charge in [-0.05, 0) is 45.1 Å². The molecule has 1 atom stereocenters. The first-order valence-electron chi connectivity index (χ1n) is 6.76. The molecule has 1 N–H and O–H groups in total. The molecule has 0 bridgehead atoms. The summed E-state index contributed by atoms with van der Waals surface area (Å²) in [6, 6.07) is 0.642. The summed E-state index contributed by atoms with van der Waals surface area (Å²) in [6.45, 7) is 4.95. The summed E-state index contributed by atoms with van der Waals surface area (Å²) in [7, 11) is 0. The minimum absolute atomic E-state index is 0.331. The van der Waals surface area contributed by atoms with Crippen molar-refractivity contribution in [1.29, 1.82) is 0 Å². The van der Waals surface area contributed by atoms with Crippen molar-refractivity contribution in [2.45, 2.75) is 51.2 Å². The van der Waals surface area contributed by atoms with Gasteiger partial charge < -0.3 is 9.84 Å². The maximum atomic E-state index is 10.7. The molecule has 1 saturated carbocycles. The Bertz CT molecular complexity index is 263. The van der Waals surface area contributed by atoms with Crippen LogP contribution in [0, 0.1) is 5.92 Å². The average Bonchev–Trinajstić information content (AvgIpc) is 2.22. The van der Waals surface area contributed by atoms with Crippen LogP contribution in [-0.2, 0) is 9.53 Å². The molecule has 4 heteroatoms. The molecular formula is C13H23NO3. The number of aliphatic carboxylic acids is 1. The summed E-state index contributed by atoms with van der Waals surface area (Å²) >= 11 is 0. The van der Waals surface area contributed by atoms with Gasteiger partial charge in [-0.2, -0.15) is 0 Å². The lowest BCUT2D eigenvalue weighted by molar-refractivity contribution is -0.139. The summed E-state index contributed by atoms with van der Waals surface area (Å²) in [4.78, 5) is 13.2. The Morgan fingerprint density at radius 2 is 2.24 bits per heavy atom. The molecule has 1 aliphatic heterocycles. The minimum Gasteiger partial charge on any atom is -0.481 e. The van der Waals surface area contributed by atoms with E-state index in [1.54, 1.807) is 0 Å². The van der Waals surface area contributed by atoms with Crippen molar-refractivity contribution in [1.82, 2.24) is 4.90 Å². The third kappa shape index (κ3) is 3.42. The van der Waals surface area contributed by atoms with E-state index in [2.05, 4.69) is 4.90 Å². The Balaban J connectivity index is 1.73. The summed E-state index contributed by atoms with van der Waals surface area (Å²) in [5.41, 5.74) is 0. The second-order valence-corrected chi connectivity index (χ2v) is 5.30. The Kier molecular flexibility index (Phi) is 4.40. The number of hydrogen-bond acceptors (Lipinski definition) is 3. The fourth-order valence-corrected chi connectivity index (χ4v) is 3.05. The molecule has 0 aromatic rings. The SMILES string of the molecule is CCOC1CC(N2CCCC(CC(=O)O)C2)C1. The van der Waals surface area contributed by atoms with Gasteiger partial charge in [0, 0.05) is 25.6 Å². The highest BCUT2D eigenvalue weighted by Gasteiger charge is 2.36. The number of rotatable bonds is 5. The van der Waals surface area contributed by atoms with Crippen LogP contribution in [0.4, 0.5) is 0 Å². The molecular weight excluding hydrogens is 218 g/mol. The summed E-state index contributed by atoms with van der Waals surface area (Å²) < 4.78 is 5.57. The van der Waals surface area contributed by atoms with Crippen molar-refractivity contribution < 1.29 is 14.6 Å². The molecule has 0 aromatic heterocycles. The van der Waals surface area contributed by atoms with Crippen LogP contribution in [0.2, 0.25) is 0 Å². The number of ether oxygens (including phenoxy) is 1. The predicted molar refractivity (Wildman–Crippen MR) is 65.0 cm³/mol. The highest BCUT2D eigenvalue weighted by molar-refractivity contribution is 5.67. The smallest absolute Gasteiger partial charge is 0.303 e. The average molecular weight is 241 g/mol. The van der Waals surface area contributed by atoms with Gasteiger partial charge in [-0.1, -0.05) is 0 Å². The highest BCUT2D eigenvalue weighted by Crippen LogP contribution is 2.32. The van der Waals surface area contributed by atoms with Gasteiger partial charge in [-0.25, -0.2) is 0 Å². The Morgan fingerprint density at radius 1 is 1.47 bits per heavy atom. The molecule has 1 saturated heterocycles. The predicted octanol–water partition coefficient (Wildman–Crippen LogP) is 1.74. The lowest BCUT2D eigenvalue weighted by Gasteiger charge is -2.45. The van der Waals surface area contributed by atoms with Gasteiger partial charge in [0.1, 0.15) is 0 Å². The summed E-state index contributed by atoms with van der Waals surface area (Å²) in [5, 5.41) is 8.84. The van der Waals surface area contributed by atoms with Gasteiger partial charge >= 0.3 is 5.97 Å². The zero-order valence-corrected chi connectivity index (χ0v) is 10.6. The molecule has 4 nitrogen and oxygen atoms in total. The van der Waals surface area contributed by atoms with Crippen LogP contribution in [0.3, 0.4) is 0 Å². The largest absolute Gasteiger partial charge is 0.481 e. The van der Waals surface area contributed by atoms with Crippen LogP contribution in [0.5, 0.6) is 0 Å². The van der Waals surface area contributed by atoms with Gasteiger partial charge in [-0.3, -0.25) is 9.69 Å². The maximum absolute atomic E-state index is 10.7. The lowest BCUT2D eigenvalue weighted by Crippen LogP contribution is -2.51. The van der Waals surface area contributed by atoms with Crippen molar-refractivity contribution in [3.63, 3.8) is 0 Å². The molecule has 1 aliphatic carbocycles. The quantitative estimate of drug-likeness (QED) is 0.796. The van der Waals surface area contributed by atoms with E-state index >= 15 is 0 Å². The molecule has 17 heavy (non-hydrogen) atoms. The number of carboxylic acid groups (broad SMARTS) is 1. The van der Waals surface area contributed by atoms with E-state index in [9.17, 15) is 4.79 Å². The first-order valence-corrected chi connectivity index (χ1v) is 6.76. The van der Waals surface area contributed by atoms with Crippen molar-refractivity contribution >= 4 is 5.97 Å². The van der Waals surface area contributed by atoms with Crippen LogP contribution < -0.4 is 0 Å². The number of nitrogens with zero attached hydrogens (tertiary/aromatic N) is 1. The number of piperidine rings is 1. The second-order valence-electron chi connectivity index (χ2n) is 5.30. The van der Waals surface area contributed by atoms with Crippen LogP contribution in [0.15, 0.2) is 0 Å². The zero-order valence-electron chi connectivity index (χ0n) is 10.6. The molecule has 0 aromatic carbocycles. The third-order valence-corrected chi connectivity index (χ3v) is 4.00. The fourth-order valence-electron chi connectivity index (χ4n) is 3.05. The summed E-state index contributed by atoms with van der Waals surface area (Å²) in [5.74, 6) is -0.301. The zero-order chi connectivity index (χ0) is 12.3. The number of likely N-dealkylation sites (tertiary alicyclic amines) is 1. The fraction of sp³-hybridized carbons (Fsp3) is 0.923. The second kappa shape index (κ2) is 5.83. The molecule has 98 valence electrons. The standard InChI is InChI=1S/C13H23NO3/c1-2-17-12-7-11(8-12)14-5-3-4-10(9-14)6-13(15)16/h10-12H,2-9H2,1H3,(H,15,16). The van der Waals surface area contributed by atoms with E-state index in [0.29, 0.717) is 24.5 Å². The molecule has 2 fully saturated rings. The van der Waals surface area contributed by atoms with E-state index in [0.717, 1.165) is 45.4 Å².